The Kier molecular flexibility index (Phi) is 6.46. The molecular weight excluding hydrogens is 312 g/mol. The highest BCUT2D eigenvalue weighted by Gasteiger charge is 2.20. The van der Waals surface area contributed by atoms with E-state index in [9.17, 15) is 9.90 Å². The number of ether oxygens (including phenoxy) is 1. The fraction of sp³-hybridized carbons (Fsp3) is 0.500. The summed E-state index contributed by atoms with van der Waals surface area (Å²) in [7, 11) is 0. The summed E-state index contributed by atoms with van der Waals surface area (Å²) in [5.74, 6) is 1.75. The third-order valence-corrected chi connectivity index (χ3v) is 4.46. The molecule has 0 aromatic heterocycles. The van der Waals surface area contributed by atoms with Gasteiger partial charge in [0, 0.05) is 12.8 Å². The number of Topliss-reactive ketones (excluding diaryl/α,β-unsaturated/α-hetero) is 1. The van der Waals surface area contributed by atoms with Crippen LogP contribution in [0.4, 0.5) is 0 Å². The van der Waals surface area contributed by atoms with Gasteiger partial charge in [0.2, 0.25) is 0 Å². The van der Waals surface area contributed by atoms with E-state index in [4.69, 9.17) is 4.74 Å². The minimum Gasteiger partial charge on any atom is -0.507 e. The predicted molar refractivity (Wildman–Crippen MR) is 103 cm³/mol. The normalized spacial score (nSPS) is 17.1. The second kappa shape index (κ2) is 8.37. The molecule has 1 aromatic rings. The van der Waals surface area contributed by atoms with Crippen LogP contribution in [-0.4, -0.2) is 17.0 Å². The average molecular weight is 342 g/mol. The topological polar surface area (TPSA) is 46.5 Å². The van der Waals surface area contributed by atoms with Gasteiger partial charge in [0.25, 0.3) is 0 Å². The maximum absolute atomic E-state index is 11.9. The van der Waals surface area contributed by atoms with E-state index in [0.717, 1.165) is 35.3 Å². The van der Waals surface area contributed by atoms with E-state index in [-0.39, 0.29) is 11.9 Å². The molecule has 0 radical (unpaired) electrons. The van der Waals surface area contributed by atoms with Crippen LogP contribution in [0, 0.1) is 12.8 Å². The fourth-order valence-electron chi connectivity index (χ4n) is 3.23. The van der Waals surface area contributed by atoms with E-state index in [2.05, 4.69) is 19.9 Å². The molecule has 25 heavy (non-hydrogen) atoms. The maximum Gasteiger partial charge on any atom is 0.137 e. The van der Waals surface area contributed by atoms with Crippen molar-refractivity contribution in [2.24, 2.45) is 5.92 Å². The molecule has 0 spiro atoms. The zero-order chi connectivity index (χ0) is 18.6. The van der Waals surface area contributed by atoms with Crippen LogP contribution in [0.1, 0.15) is 64.5 Å². The van der Waals surface area contributed by atoms with Crippen molar-refractivity contribution in [1.82, 2.24) is 0 Å². The smallest absolute Gasteiger partial charge is 0.137 e. The quantitative estimate of drug-likeness (QED) is 0.656. The van der Waals surface area contributed by atoms with E-state index in [1.165, 1.54) is 5.57 Å². The Morgan fingerprint density at radius 2 is 2.08 bits per heavy atom. The molecule has 1 aliphatic heterocycles. The number of hydrogen-bond acceptors (Lipinski definition) is 3. The number of aromatic hydroxyl groups is 1. The molecule has 0 amide bonds. The molecule has 136 valence electrons. The van der Waals surface area contributed by atoms with Crippen molar-refractivity contribution >= 4 is 11.9 Å². The molecule has 3 heteroatoms. The number of fused-ring (bicyclic) bond motifs is 1. The molecule has 0 saturated heterocycles. The van der Waals surface area contributed by atoms with Gasteiger partial charge < -0.3 is 9.84 Å². The first-order valence-corrected chi connectivity index (χ1v) is 9.14. The van der Waals surface area contributed by atoms with Gasteiger partial charge >= 0.3 is 0 Å². The van der Waals surface area contributed by atoms with Gasteiger partial charge in [-0.2, -0.15) is 0 Å². The number of carbonyl (C=O) groups is 1. The Hall–Kier alpha value is -2.03. The van der Waals surface area contributed by atoms with Crippen molar-refractivity contribution in [3.63, 3.8) is 0 Å². The Morgan fingerprint density at radius 1 is 1.36 bits per heavy atom. The molecule has 1 unspecified atom stereocenters. The van der Waals surface area contributed by atoms with Crippen LogP contribution in [-0.2, 0) is 4.79 Å². The van der Waals surface area contributed by atoms with E-state index in [1.807, 2.05) is 32.9 Å². The Balaban J connectivity index is 1.99. The first-order chi connectivity index (χ1) is 11.8. The standard InChI is InChI=1S/C22H30O3/c1-14(2)9-19(23)10-15(3)7-6-8-18-13-20-21(24)11-16(4)12-22(20)25-17(18)5/h7,11-14,17,24H,6,8-10H2,1-5H3. The zero-order valence-corrected chi connectivity index (χ0v) is 16.1. The molecule has 1 atom stereocenters. The van der Waals surface area contributed by atoms with Gasteiger partial charge in [0.05, 0.1) is 5.56 Å². The van der Waals surface area contributed by atoms with Crippen LogP contribution < -0.4 is 4.74 Å². The van der Waals surface area contributed by atoms with Crippen molar-refractivity contribution in [2.45, 2.75) is 66.4 Å². The number of ketones is 1. The monoisotopic (exact) mass is 342 g/mol. The molecule has 1 aromatic carbocycles. The molecule has 1 N–H and O–H groups in total. The third kappa shape index (κ3) is 5.48. The fourth-order valence-corrected chi connectivity index (χ4v) is 3.23. The minimum atomic E-state index is 0.00461. The van der Waals surface area contributed by atoms with Gasteiger partial charge in [-0.15, -0.1) is 0 Å². The first-order valence-electron chi connectivity index (χ1n) is 9.14. The van der Waals surface area contributed by atoms with E-state index in [1.54, 1.807) is 6.07 Å². The summed E-state index contributed by atoms with van der Waals surface area (Å²) in [6.45, 7) is 10.2. The lowest BCUT2D eigenvalue weighted by molar-refractivity contribution is -0.119. The van der Waals surface area contributed by atoms with Gasteiger partial charge in [-0.05, 0) is 68.9 Å². The summed E-state index contributed by atoms with van der Waals surface area (Å²) in [4.78, 5) is 11.9. The molecule has 2 rings (SSSR count). The number of allylic oxidation sites excluding steroid dienone is 2. The second-order valence-corrected chi connectivity index (χ2v) is 7.58. The van der Waals surface area contributed by atoms with Gasteiger partial charge in [-0.1, -0.05) is 25.5 Å². The molecule has 0 bridgehead atoms. The number of carbonyl (C=O) groups excluding carboxylic acids is 1. The molecule has 0 saturated carbocycles. The lowest BCUT2D eigenvalue weighted by Crippen LogP contribution is -2.19. The first kappa shape index (κ1) is 19.3. The zero-order valence-electron chi connectivity index (χ0n) is 16.1. The lowest BCUT2D eigenvalue weighted by Gasteiger charge is -2.25. The van der Waals surface area contributed by atoms with Gasteiger partial charge in [0.15, 0.2) is 0 Å². The predicted octanol–water partition coefficient (Wildman–Crippen LogP) is 5.60. The van der Waals surface area contributed by atoms with Gasteiger partial charge in [-0.3, -0.25) is 4.79 Å². The molecule has 0 aliphatic carbocycles. The summed E-state index contributed by atoms with van der Waals surface area (Å²) < 4.78 is 5.97. The summed E-state index contributed by atoms with van der Waals surface area (Å²) in [5, 5.41) is 10.2. The van der Waals surface area contributed by atoms with Crippen molar-refractivity contribution in [2.75, 3.05) is 0 Å². The molecule has 3 nitrogen and oxygen atoms in total. The lowest BCUT2D eigenvalue weighted by atomic mass is 9.96. The summed E-state index contributed by atoms with van der Waals surface area (Å²) >= 11 is 0. The molecule has 1 heterocycles. The number of rotatable bonds is 7. The van der Waals surface area contributed by atoms with E-state index in [0.29, 0.717) is 24.5 Å². The number of aryl methyl sites for hydroxylation is 1. The van der Waals surface area contributed by atoms with Crippen LogP contribution >= 0.6 is 0 Å². The summed E-state index contributed by atoms with van der Waals surface area (Å²) in [6.07, 6.45) is 7.14. The Bertz CT molecular complexity index is 695. The van der Waals surface area contributed by atoms with Crippen molar-refractivity contribution in [1.29, 1.82) is 0 Å². The summed E-state index contributed by atoms with van der Waals surface area (Å²) in [6, 6.07) is 3.72. The van der Waals surface area contributed by atoms with Crippen LogP contribution in [0.15, 0.2) is 29.4 Å². The van der Waals surface area contributed by atoms with Crippen LogP contribution in [0.2, 0.25) is 0 Å². The second-order valence-electron chi connectivity index (χ2n) is 7.58. The number of benzene rings is 1. The van der Waals surface area contributed by atoms with Crippen LogP contribution in [0.3, 0.4) is 0 Å². The van der Waals surface area contributed by atoms with Crippen molar-refractivity contribution < 1.29 is 14.6 Å². The number of phenolic OH excluding ortho intramolecular Hbond substituents is 1. The SMILES string of the molecule is CC(=CCCC1=Cc2c(O)cc(C)cc2OC1C)CC(=O)CC(C)C. The van der Waals surface area contributed by atoms with E-state index < -0.39 is 0 Å². The van der Waals surface area contributed by atoms with Crippen LogP contribution in [0.25, 0.3) is 6.08 Å². The number of hydrogen-bond donors (Lipinski definition) is 1. The highest BCUT2D eigenvalue weighted by molar-refractivity contribution is 5.80. The molecule has 0 fully saturated rings. The van der Waals surface area contributed by atoms with Crippen molar-refractivity contribution in [3.05, 3.63) is 40.5 Å². The third-order valence-electron chi connectivity index (χ3n) is 4.46. The van der Waals surface area contributed by atoms with Crippen LogP contribution in [0.5, 0.6) is 11.5 Å². The van der Waals surface area contributed by atoms with E-state index >= 15 is 0 Å². The number of phenols is 1. The van der Waals surface area contributed by atoms with Crippen molar-refractivity contribution in [3.8, 4) is 11.5 Å². The highest BCUT2D eigenvalue weighted by Crippen LogP contribution is 2.37. The van der Waals surface area contributed by atoms with Gasteiger partial charge in [-0.25, -0.2) is 0 Å². The highest BCUT2D eigenvalue weighted by atomic mass is 16.5. The average Bonchev–Trinajstić information content (AvgIpc) is 2.47. The minimum absolute atomic E-state index is 0.00461. The summed E-state index contributed by atoms with van der Waals surface area (Å²) in [5.41, 5.74) is 4.06. The molecule has 1 aliphatic rings. The molecular formula is C22H30O3. The largest absolute Gasteiger partial charge is 0.507 e. The Labute approximate surface area is 151 Å². The Morgan fingerprint density at radius 3 is 2.76 bits per heavy atom. The van der Waals surface area contributed by atoms with Gasteiger partial charge in [0.1, 0.15) is 23.4 Å². The maximum atomic E-state index is 11.9.